The van der Waals surface area contributed by atoms with E-state index in [9.17, 15) is 4.79 Å². The lowest BCUT2D eigenvalue weighted by atomic mass is 9.71. The Bertz CT molecular complexity index is 618. The molecule has 0 aromatic heterocycles. The van der Waals surface area contributed by atoms with Gasteiger partial charge in [0.15, 0.2) is 0 Å². The van der Waals surface area contributed by atoms with Crippen molar-refractivity contribution >= 4 is 17.7 Å². The lowest BCUT2D eigenvalue weighted by Gasteiger charge is -2.39. The van der Waals surface area contributed by atoms with Gasteiger partial charge in [0.1, 0.15) is 6.10 Å². The van der Waals surface area contributed by atoms with Crippen LogP contribution >= 0.6 is 11.8 Å². The minimum Gasteiger partial charge on any atom is -1.00 e. The van der Waals surface area contributed by atoms with E-state index in [1.807, 2.05) is 0 Å². The van der Waals surface area contributed by atoms with Crippen LogP contribution in [0.4, 0.5) is 0 Å². The maximum absolute atomic E-state index is 13.4. The molecule has 1 aromatic carbocycles. The van der Waals surface area contributed by atoms with Crippen LogP contribution in [0.1, 0.15) is 51.0 Å². The first kappa shape index (κ1) is 23.0. The molecule has 0 bridgehead atoms. The monoisotopic (exact) mass is 503 g/mol. The number of halogens is 1. The van der Waals surface area contributed by atoms with Crippen molar-refractivity contribution < 1.29 is 38.0 Å². The van der Waals surface area contributed by atoms with Crippen molar-refractivity contribution in [3.63, 3.8) is 0 Å². The van der Waals surface area contributed by atoms with Gasteiger partial charge >= 0.3 is 5.97 Å². The van der Waals surface area contributed by atoms with Crippen molar-refractivity contribution in [2.75, 3.05) is 33.4 Å². The molecule has 1 aliphatic carbocycles. The van der Waals surface area contributed by atoms with Crippen molar-refractivity contribution in [1.29, 1.82) is 0 Å². The van der Waals surface area contributed by atoms with Crippen LogP contribution in [0.3, 0.4) is 0 Å². The lowest BCUT2D eigenvalue weighted by Crippen LogP contribution is -3.00. The third-order valence-corrected chi connectivity index (χ3v) is 7.42. The maximum Gasteiger partial charge on any atom is 0.316 e. The van der Waals surface area contributed by atoms with Gasteiger partial charge in [-0.05, 0) is 49.6 Å². The molecule has 3 nitrogen and oxygen atoms in total. The summed E-state index contributed by atoms with van der Waals surface area (Å²) in [6.45, 7) is 4.29. The topological polar surface area (TPSA) is 26.3 Å². The minimum absolute atomic E-state index is 0. The van der Waals surface area contributed by atoms with E-state index in [-0.39, 0.29) is 36.0 Å². The second-order valence-corrected chi connectivity index (χ2v) is 9.78. The molecule has 1 saturated carbocycles. The maximum atomic E-state index is 13.4. The number of likely N-dealkylation sites (tertiary alicyclic amines) is 1. The molecule has 1 saturated heterocycles. The number of ether oxygens (including phenoxy) is 1. The summed E-state index contributed by atoms with van der Waals surface area (Å²) in [4.78, 5) is 14.6. The number of nitrogens with zero attached hydrogens (tertiary/aromatic N) is 1. The summed E-state index contributed by atoms with van der Waals surface area (Å²) in [7, 11) is 4.52. The van der Waals surface area contributed by atoms with Gasteiger partial charge < -0.3 is 33.2 Å². The van der Waals surface area contributed by atoms with Gasteiger partial charge in [-0.15, -0.1) is 11.8 Å². The van der Waals surface area contributed by atoms with Gasteiger partial charge in [0.25, 0.3) is 0 Å². The Balaban J connectivity index is 0.00000261. The van der Waals surface area contributed by atoms with Crippen LogP contribution in [0.2, 0.25) is 0 Å². The van der Waals surface area contributed by atoms with Crippen molar-refractivity contribution in [2.45, 2.75) is 61.9 Å². The quantitative estimate of drug-likeness (QED) is 0.265. The van der Waals surface area contributed by atoms with Crippen LogP contribution in [0.25, 0.3) is 0 Å². The molecule has 0 radical (unpaired) electrons. The van der Waals surface area contributed by atoms with E-state index >= 15 is 0 Å². The largest absolute Gasteiger partial charge is 1.00 e. The minimum atomic E-state index is -0.519. The zero-order valence-corrected chi connectivity index (χ0v) is 20.1. The smallest absolute Gasteiger partial charge is 0.316 e. The first-order valence-electron chi connectivity index (χ1n) is 10.0. The number of rotatable bonds is 5. The average Bonchev–Trinajstić information content (AvgIpc) is 3.18. The highest BCUT2D eigenvalue weighted by Gasteiger charge is 2.46. The molecule has 0 N–H and O–H groups in total. The molecule has 0 amide bonds. The van der Waals surface area contributed by atoms with E-state index in [0.29, 0.717) is 5.92 Å². The fraction of sp³-hybridized carbons (Fsp3) is 0.682. The standard InChI is InChI=1S/C22H34NO2S.HI/c1-22(17-7-5-6-8-17,18-9-11-20(26-4)12-10-18)21(24)25-19-13-15-23(2,3)16-14-19;/h9-12,17,19H,5-8,13-16H2,1-4H3;1H/q+1;/p-1. The molecule has 1 aromatic rings. The van der Waals surface area contributed by atoms with Crippen LogP contribution in [0.5, 0.6) is 0 Å². The zero-order chi connectivity index (χ0) is 18.8. The highest BCUT2D eigenvalue weighted by Crippen LogP contribution is 2.44. The summed E-state index contributed by atoms with van der Waals surface area (Å²) in [6, 6.07) is 8.57. The van der Waals surface area contributed by atoms with E-state index in [4.69, 9.17) is 4.74 Å². The van der Waals surface area contributed by atoms with Crippen molar-refractivity contribution in [3.05, 3.63) is 29.8 Å². The van der Waals surface area contributed by atoms with E-state index in [0.717, 1.165) is 48.8 Å². The predicted octanol–water partition coefficient (Wildman–Crippen LogP) is 1.64. The number of hydrogen-bond acceptors (Lipinski definition) is 3. The number of quaternary nitrogens is 1. The molecule has 2 aliphatic rings. The van der Waals surface area contributed by atoms with Gasteiger partial charge in [-0.1, -0.05) is 25.0 Å². The summed E-state index contributed by atoms with van der Waals surface area (Å²) in [6.07, 6.45) is 8.84. The molecule has 152 valence electrons. The normalized spacial score (nSPS) is 22.7. The van der Waals surface area contributed by atoms with Gasteiger partial charge in [0.2, 0.25) is 0 Å². The fourth-order valence-corrected chi connectivity index (χ4v) is 5.00. The lowest BCUT2D eigenvalue weighted by molar-refractivity contribution is -0.896. The Morgan fingerprint density at radius 3 is 2.15 bits per heavy atom. The first-order chi connectivity index (χ1) is 12.3. The SMILES string of the molecule is CSc1ccc(C(C)(C(=O)OC2CC[N+](C)(C)CC2)C2CCCC2)cc1.[I-]. The fourth-order valence-electron chi connectivity index (χ4n) is 4.60. The van der Waals surface area contributed by atoms with Crippen LogP contribution in [-0.2, 0) is 14.9 Å². The Hall–Kier alpha value is -0.270. The van der Waals surface area contributed by atoms with Crippen molar-refractivity contribution in [1.82, 2.24) is 0 Å². The molecule has 1 heterocycles. The molecule has 1 atom stereocenters. The van der Waals surface area contributed by atoms with E-state index < -0.39 is 5.41 Å². The number of thioether (sulfide) groups is 1. The van der Waals surface area contributed by atoms with Gasteiger partial charge in [-0.25, -0.2) is 0 Å². The summed E-state index contributed by atoms with van der Waals surface area (Å²) in [5.74, 6) is 0.393. The Morgan fingerprint density at radius 1 is 1.07 bits per heavy atom. The van der Waals surface area contributed by atoms with Gasteiger partial charge in [-0.2, -0.15) is 0 Å². The highest BCUT2D eigenvalue weighted by atomic mass is 127. The summed E-state index contributed by atoms with van der Waals surface area (Å²) < 4.78 is 7.15. The Kier molecular flexibility index (Phi) is 8.08. The zero-order valence-electron chi connectivity index (χ0n) is 17.2. The summed E-state index contributed by atoms with van der Waals surface area (Å²) in [5.41, 5.74) is 0.606. The highest BCUT2D eigenvalue weighted by molar-refractivity contribution is 7.98. The third kappa shape index (κ3) is 5.21. The van der Waals surface area contributed by atoms with Crippen LogP contribution in [0, 0.1) is 5.92 Å². The van der Waals surface area contributed by atoms with Crippen LogP contribution < -0.4 is 24.0 Å². The molecule has 2 fully saturated rings. The number of carbonyl (C=O) groups excluding carboxylic acids is 1. The number of esters is 1. The van der Waals surface area contributed by atoms with Crippen molar-refractivity contribution in [3.8, 4) is 0 Å². The van der Waals surface area contributed by atoms with Gasteiger partial charge in [0, 0.05) is 17.7 Å². The van der Waals surface area contributed by atoms with E-state index in [1.165, 1.54) is 17.7 Å². The molecular formula is C22H34INO2S. The van der Waals surface area contributed by atoms with Crippen molar-refractivity contribution in [2.24, 2.45) is 5.92 Å². The number of hydrogen-bond donors (Lipinski definition) is 0. The number of benzene rings is 1. The molecule has 27 heavy (non-hydrogen) atoms. The van der Waals surface area contributed by atoms with Crippen LogP contribution in [0.15, 0.2) is 29.2 Å². The van der Waals surface area contributed by atoms with Gasteiger partial charge in [0.05, 0.1) is 32.6 Å². The summed E-state index contributed by atoms with van der Waals surface area (Å²) >= 11 is 1.74. The molecule has 3 rings (SSSR count). The first-order valence-corrected chi connectivity index (χ1v) is 11.3. The Labute approximate surface area is 186 Å². The molecular weight excluding hydrogens is 469 g/mol. The third-order valence-electron chi connectivity index (χ3n) is 6.67. The molecule has 5 heteroatoms. The second-order valence-electron chi connectivity index (χ2n) is 8.90. The second kappa shape index (κ2) is 9.49. The van der Waals surface area contributed by atoms with Crippen LogP contribution in [-0.4, -0.2) is 50.0 Å². The predicted molar refractivity (Wildman–Crippen MR) is 108 cm³/mol. The van der Waals surface area contributed by atoms with E-state index in [1.54, 1.807) is 11.8 Å². The molecule has 1 unspecified atom stereocenters. The average molecular weight is 503 g/mol. The summed E-state index contributed by atoms with van der Waals surface area (Å²) in [5, 5.41) is 0. The van der Waals surface area contributed by atoms with E-state index in [2.05, 4.69) is 51.5 Å². The number of piperidine rings is 1. The van der Waals surface area contributed by atoms with Gasteiger partial charge in [-0.3, -0.25) is 4.79 Å². The molecule has 1 aliphatic heterocycles. The number of carbonyl (C=O) groups is 1. The molecule has 0 spiro atoms. The Morgan fingerprint density at radius 2 is 1.63 bits per heavy atom.